The van der Waals surface area contributed by atoms with Crippen LogP contribution in [0.2, 0.25) is 0 Å². The van der Waals surface area contributed by atoms with E-state index in [1.54, 1.807) is 14.2 Å². The number of nitrogens with one attached hydrogen (secondary N) is 1. The van der Waals surface area contributed by atoms with Gasteiger partial charge in [0.25, 0.3) is 5.91 Å². The van der Waals surface area contributed by atoms with Crippen molar-refractivity contribution in [2.24, 2.45) is 0 Å². The van der Waals surface area contributed by atoms with E-state index in [2.05, 4.69) is 5.32 Å². The maximum Gasteiger partial charge on any atom is 0.251 e. The van der Waals surface area contributed by atoms with Gasteiger partial charge < -0.3 is 14.8 Å². The Morgan fingerprint density at radius 2 is 1.77 bits per heavy atom. The summed E-state index contributed by atoms with van der Waals surface area (Å²) in [6.45, 7) is 3.86. The first kappa shape index (κ1) is 19.7. The number of hydrogen-bond donors (Lipinski definition) is 1. The van der Waals surface area contributed by atoms with Crippen molar-refractivity contribution < 1.29 is 23.0 Å². The lowest BCUT2D eigenvalue weighted by atomic mass is 10.0. The Bertz CT molecular complexity index is 793. The number of rotatable bonds is 7. The second-order valence-corrected chi connectivity index (χ2v) is 6.05. The van der Waals surface area contributed by atoms with Gasteiger partial charge in [0, 0.05) is 11.6 Å². The Labute approximate surface area is 152 Å². The highest BCUT2D eigenvalue weighted by Crippen LogP contribution is 2.29. The molecule has 0 heterocycles. The number of carbonyl (C=O) groups is 1. The zero-order valence-electron chi connectivity index (χ0n) is 15.4. The standard InChI is InChI=1S/C20H23F2NO3/c1-5-15(23-20(24)13-6-7-16(21)17(22)10-13)9-14-11-18(25-3)12(2)8-19(14)26-4/h6-8,10-11,15H,5,9H2,1-4H3,(H,23,24). The number of benzene rings is 2. The predicted molar refractivity (Wildman–Crippen MR) is 95.9 cm³/mol. The van der Waals surface area contributed by atoms with E-state index in [1.165, 1.54) is 6.07 Å². The van der Waals surface area contributed by atoms with Crippen LogP contribution in [0.5, 0.6) is 11.5 Å². The normalized spacial score (nSPS) is 11.8. The van der Waals surface area contributed by atoms with E-state index in [4.69, 9.17) is 9.47 Å². The molecule has 2 aromatic carbocycles. The molecular weight excluding hydrogens is 340 g/mol. The smallest absolute Gasteiger partial charge is 0.251 e. The topological polar surface area (TPSA) is 47.6 Å². The van der Waals surface area contributed by atoms with Crippen LogP contribution < -0.4 is 14.8 Å². The molecule has 1 atom stereocenters. The van der Waals surface area contributed by atoms with Crippen LogP contribution >= 0.6 is 0 Å². The molecule has 1 N–H and O–H groups in total. The van der Waals surface area contributed by atoms with Gasteiger partial charge in [-0.1, -0.05) is 6.92 Å². The fraction of sp³-hybridized carbons (Fsp3) is 0.350. The Morgan fingerprint density at radius 1 is 1.08 bits per heavy atom. The molecule has 0 saturated heterocycles. The molecule has 0 bridgehead atoms. The van der Waals surface area contributed by atoms with Gasteiger partial charge in [-0.05, 0) is 61.2 Å². The van der Waals surface area contributed by atoms with Crippen LogP contribution in [0.4, 0.5) is 8.78 Å². The fourth-order valence-electron chi connectivity index (χ4n) is 2.74. The van der Waals surface area contributed by atoms with E-state index >= 15 is 0 Å². The Kier molecular flexibility index (Phi) is 6.55. The van der Waals surface area contributed by atoms with Crippen molar-refractivity contribution in [3.05, 3.63) is 58.7 Å². The molecule has 0 fully saturated rings. The Balaban J connectivity index is 2.18. The van der Waals surface area contributed by atoms with E-state index in [0.717, 1.165) is 29.0 Å². The molecule has 6 heteroatoms. The summed E-state index contributed by atoms with van der Waals surface area (Å²) in [4.78, 5) is 12.3. The third kappa shape index (κ3) is 4.50. The first-order chi connectivity index (χ1) is 12.4. The van der Waals surface area contributed by atoms with Crippen LogP contribution in [0.25, 0.3) is 0 Å². The molecule has 0 spiro atoms. The van der Waals surface area contributed by atoms with Crippen LogP contribution in [0.1, 0.15) is 34.8 Å². The second kappa shape index (κ2) is 8.65. The average molecular weight is 363 g/mol. The van der Waals surface area contributed by atoms with Crippen LogP contribution in [0.3, 0.4) is 0 Å². The highest BCUT2D eigenvalue weighted by Gasteiger charge is 2.17. The first-order valence-electron chi connectivity index (χ1n) is 8.37. The van der Waals surface area contributed by atoms with Gasteiger partial charge in [-0.25, -0.2) is 8.78 Å². The Morgan fingerprint density at radius 3 is 2.35 bits per heavy atom. The van der Waals surface area contributed by atoms with E-state index in [1.807, 2.05) is 26.0 Å². The maximum atomic E-state index is 13.3. The van der Waals surface area contributed by atoms with Crippen molar-refractivity contribution in [1.29, 1.82) is 0 Å². The summed E-state index contributed by atoms with van der Waals surface area (Å²) in [5.74, 6) is -1.03. The molecule has 4 nitrogen and oxygen atoms in total. The van der Waals surface area contributed by atoms with E-state index in [0.29, 0.717) is 18.6 Å². The predicted octanol–water partition coefficient (Wildman–Crippen LogP) is 4.04. The molecule has 2 aromatic rings. The quantitative estimate of drug-likeness (QED) is 0.808. The summed E-state index contributed by atoms with van der Waals surface area (Å²) in [6, 6.07) is 6.68. The average Bonchev–Trinajstić information content (AvgIpc) is 2.63. The SMILES string of the molecule is CCC(Cc1cc(OC)c(C)cc1OC)NC(=O)c1ccc(F)c(F)c1. The van der Waals surface area contributed by atoms with Crippen LogP contribution in [-0.2, 0) is 6.42 Å². The molecule has 1 unspecified atom stereocenters. The van der Waals surface area contributed by atoms with Crippen molar-refractivity contribution >= 4 is 5.91 Å². The molecule has 140 valence electrons. The Hall–Kier alpha value is -2.63. The number of methoxy groups -OCH3 is 2. The number of halogens is 2. The third-order valence-electron chi connectivity index (χ3n) is 4.27. The zero-order chi connectivity index (χ0) is 19.3. The van der Waals surface area contributed by atoms with Gasteiger partial charge in [-0.15, -0.1) is 0 Å². The number of amides is 1. The summed E-state index contributed by atoms with van der Waals surface area (Å²) in [5, 5.41) is 2.86. The summed E-state index contributed by atoms with van der Waals surface area (Å²) >= 11 is 0. The molecule has 2 rings (SSSR count). The molecule has 26 heavy (non-hydrogen) atoms. The molecule has 0 aliphatic carbocycles. The van der Waals surface area contributed by atoms with Gasteiger partial charge in [0.1, 0.15) is 11.5 Å². The van der Waals surface area contributed by atoms with Gasteiger partial charge in [0.2, 0.25) is 0 Å². The zero-order valence-corrected chi connectivity index (χ0v) is 15.4. The summed E-state index contributed by atoms with van der Waals surface area (Å²) < 4.78 is 37.2. The van der Waals surface area contributed by atoms with Gasteiger partial charge in [0.05, 0.1) is 14.2 Å². The van der Waals surface area contributed by atoms with Gasteiger partial charge in [-0.3, -0.25) is 4.79 Å². The lowest BCUT2D eigenvalue weighted by Gasteiger charge is -2.20. The lowest BCUT2D eigenvalue weighted by Crippen LogP contribution is -2.36. The first-order valence-corrected chi connectivity index (χ1v) is 8.37. The van der Waals surface area contributed by atoms with E-state index in [-0.39, 0.29) is 11.6 Å². The number of carbonyl (C=O) groups excluding carboxylic acids is 1. The molecule has 1 amide bonds. The summed E-state index contributed by atoms with van der Waals surface area (Å²) in [7, 11) is 3.19. The molecule has 0 radical (unpaired) electrons. The molecule has 0 aliphatic rings. The van der Waals surface area contributed by atoms with Gasteiger partial charge >= 0.3 is 0 Å². The van der Waals surface area contributed by atoms with Crippen molar-refractivity contribution in [2.75, 3.05) is 14.2 Å². The monoisotopic (exact) mass is 363 g/mol. The minimum absolute atomic E-state index is 0.0794. The number of aryl methyl sites for hydroxylation is 1. The molecule has 0 saturated carbocycles. The molecule has 0 aromatic heterocycles. The van der Waals surface area contributed by atoms with Gasteiger partial charge in [-0.2, -0.15) is 0 Å². The highest BCUT2D eigenvalue weighted by molar-refractivity contribution is 5.94. The fourth-order valence-corrected chi connectivity index (χ4v) is 2.74. The van der Waals surface area contributed by atoms with Crippen molar-refractivity contribution in [2.45, 2.75) is 32.7 Å². The van der Waals surface area contributed by atoms with Crippen molar-refractivity contribution in [3.8, 4) is 11.5 Å². The maximum absolute atomic E-state index is 13.3. The van der Waals surface area contributed by atoms with E-state index < -0.39 is 17.5 Å². The summed E-state index contributed by atoms with van der Waals surface area (Å²) in [6.07, 6.45) is 1.18. The highest BCUT2D eigenvalue weighted by atomic mass is 19.2. The van der Waals surface area contributed by atoms with Gasteiger partial charge in [0.15, 0.2) is 11.6 Å². The summed E-state index contributed by atoms with van der Waals surface area (Å²) in [5.41, 5.74) is 1.93. The minimum atomic E-state index is -1.05. The molecule has 0 aliphatic heterocycles. The minimum Gasteiger partial charge on any atom is -0.496 e. The van der Waals surface area contributed by atoms with Crippen LogP contribution in [0, 0.1) is 18.6 Å². The van der Waals surface area contributed by atoms with E-state index in [9.17, 15) is 13.6 Å². The largest absolute Gasteiger partial charge is 0.496 e. The second-order valence-electron chi connectivity index (χ2n) is 6.05. The lowest BCUT2D eigenvalue weighted by molar-refractivity contribution is 0.0935. The molecular formula is C20H23F2NO3. The van der Waals surface area contributed by atoms with Crippen LogP contribution in [0.15, 0.2) is 30.3 Å². The van der Waals surface area contributed by atoms with Crippen molar-refractivity contribution in [3.63, 3.8) is 0 Å². The van der Waals surface area contributed by atoms with Crippen LogP contribution in [-0.4, -0.2) is 26.2 Å². The number of hydrogen-bond acceptors (Lipinski definition) is 3. The number of ether oxygens (including phenoxy) is 2. The third-order valence-corrected chi connectivity index (χ3v) is 4.27. The van der Waals surface area contributed by atoms with Crippen molar-refractivity contribution in [1.82, 2.24) is 5.32 Å².